The Labute approximate surface area is 113 Å². The molecule has 0 radical (unpaired) electrons. The monoisotopic (exact) mass is 253 g/mol. The lowest BCUT2D eigenvalue weighted by atomic mass is 9.81. The normalized spacial score (nSPS) is 33.0. The molecule has 2 atom stereocenters. The van der Waals surface area contributed by atoms with Gasteiger partial charge in [0.1, 0.15) is 0 Å². The van der Waals surface area contributed by atoms with Gasteiger partial charge in [-0.3, -0.25) is 4.90 Å². The number of unbranched alkanes of at least 4 members (excludes halogenated alkanes) is 2. The first-order chi connectivity index (χ1) is 8.72. The molecule has 0 saturated carbocycles. The number of hydrogen-bond acceptors (Lipinski definition) is 3. The zero-order chi connectivity index (χ0) is 13.0. The summed E-state index contributed by atoms with van der Waals surface area (Å²) in [4.78, 5) is 5.27. The van der Waals surface area contributed by atoms with Crippen LogP contribution in [0.5, 0.6) is 0 Å². The molecule has 2 aliphatic heterocycles. The molecule has 0 aromatic rings. The summed E-state index contributed by atoms with van der Waals surface area (Å²) in [5.41, 5.74) is 6.46. The summed E-state index contributed by atoms with van der Waals surface area (Å²) in [5.74, 6) is 0. The average Bonchev–Trinajstić information content (AvgIpc) is 2.85. The quantitative estimate of drug-likeness (QED) is 0.736. The fourth-order valence-corrected chi connectivity index (χ4v) is 3.84. The molecule has 2 N–H and O–H groups in total. The second-order valence-electron chi connectivity index (χ2n) is 6.34. The molecule has 3 heteroatoms. The SMILES string of the molecule is CCCCCN(C)C1(CN)CCN2CCCC2C1. The summed E-state index contributed by atoms with van der Waals surface area (Å²) in [7, 11) is 2.30. The van der Waals surface area contributed by atoms with Gasteiger partial charge in [-0.05, 0) is 52.2 Å². The van der Waals surface area contributed by atoms with Gasteiger partial charge < -0.3 is 10.6 Å². The summed E-state index contributed by atoms with van der Waals surface area (Å²) in [5, 5.41) is 0. The number of fused-ring (bicyclic) bond motifs is 1. The van der Waals surface area contributed by atoms with Gasteiger partial charge in [0, 0.05) is 24.7 Å². The summed E-state index contributed by atoms with van der Waals surface area (Å²) >= 11 is 0. The van der Waals surface area contributed by atoms with Gasteiger partial charge >= 0.3 is 0 Å². The summed E-state index contributed by atoms with van der Waals surface area (Å²) in [6.07, 6.45) is 9.33. The smallest absolute Gasteiger partial charge is 0.0355 e. The van der Waals surface area contributed by atoms with E-state index in [2.05, 4.69) is 23.8 Å². The molecule has 0 aliphatic carbocycles. The van der Waals surface area contributed by atoms with E-state index in [9.17, 15) is 0 Å². The lowest BCUT2D eigenvalue weighted by Gasteiger charge is -2.49. The van der Waals surface area contributed by atoms with Crippen LogP contribution in [0.1, 0.15) is 51.9 Å². The highest BCUT2D eigenvalue weighted by Gasteiger charge is 2.42. The maximum atomic E-state index is 6.17. The standard InChI is InChI=1S/C15H31N3/c1-3-4-5-9-17(2)15(13-16)8-11-18-10-6-7-14(18)12-15/h14H,3-13,16H2,1-2H3. The number of hydrogen-bond donors (Lipinski definition) is 1. The molecule has 2 rings (SSSR count). The Balaban J connectivity index is 1.92. The van der Waals surface area contributed by atoms with Gasteiger partial charge in [-0.1, -0.05) is 19.8 Å². The third-order valence-electron chi connectivity index (χ3n) is 5.27. The van der Waals surface area contributed by atoms with Gasteiger partial charge in [0.2, 0.25) is 0 Å². The Morgan fingerprint density at radius 3 is 2.89 bits per heavy atom. The number of nitrogens with zero attached hydrogens (tertiary/aromatic N) is 2. The molecule has 0 spiro atoms. The van der Waals surface area contributed by atoms with Crippen LogP contribution in [0, 0.1) is 0 Å². The van der Waals surface area contributed by atoms with Crippen LogP contribution in [0.4, 0.5) is 0 Å². The van der Waals surface area contributed by atoms with E-state index >= 15 is 0 Å². The van der Waals surface area contributed by atoms with Crippen LogP contribution >= 0.6 is 0 Å². The molecule has 3 nitrogen and oxygen atoms in total. The Kier molecular flexibility index (Phi) is 5.05. The van der Waals surface area contributed by atoms with Gasteiger partial charge in [0.15, 0.2) is 0 Å². The number of piperidine rings is 1. The molecular formula is C15H31N3. The van der Waals surface area contributed by atoms with Crippen molar-refractivity contribution in [3.05, 3.63) is 0 Å². The molecule has 18 heavy (non-hydrogen) atoms. The first-order valence-electron chi connectivity index (χ1n) is 7.87. The van der Waals surface area contributed by atoms with E-state index in [-0.39, 0.29) is 0 Å². The fraction of sp³-hybridized carbons (Fsp3) is 1.00. The molecule has 106 valence electrons. The zero-order valence-corrected chi connectivity index (χ0v) is 12.3. The summed E-state index contributed by atoms with van der Waals surface area (Å²) in [6.45, 7) is 6.91. The Bertz CT molecular complexity index is 256. The molecule has 0 amide bonds. The minimum atomic E-state index is 0.291. The predicted molar refractivity (Wildman–Crippen MR) is 77.8 cm³/mol. The van der Waals surface area contributed by atoms with Crippen molar-refractivity contribution in [2.45, 2.75) is 63.5 Å². The van der Waals surface area contributed by atoms with Crippen LogP contribution in [0.2, 0.25) is 0 Å². The second kappa shape index (κ2) is 6.36. The number of nitrogens with two attached hydrogens (primary N) is 1. The molecule has 2 heterocycles. The highest BCUT2D eigenvalue weighted by atomic mass is 15.3. The van der Waals surface area contributed by atoms with Crippen molar-refractivity contribution in [2.75, 3.05) is 33.2 Å². The van der Waals surface area contributed by atoms with Gasteiger partial charge in [-0.15, -0.1) is 0 Å². The molecule has 2 unspecified atom stereocenters. The van der Waals surface area contributed by atoms with E-state index in [0.717, 1.165) is 12.6 Å². The minimum absolute atomic E-state index is 0.291. The van der Waals surface area contributed by atoms with Crippen LogP contribution in [0.25, 0.3) is 0 Å². The largest absolute Gasteiger partial charge is 0.329 e. The predicted octanol–water partition coefficient (Wildman–Crippen LogP) is 2.06. The van der Waals surface area contributed by atoms with Crippen LogP contribution in [0.15, 0.2) is 0 Å². The highest BCUT2D eigenvalue weighted by Crippen LogP contribution is 2.35. The van der Waals surface area contributed by atoms with Gasteiger partial charge in [0.05, 0.1) is 0 Å². The average molecular weight is 253 g/mol. The van der Waals surface area contributed by atoms with E-state index in [4.69, 9.17) is 5.73 Å². The lowest BCUT2D eigenvalue weighted by molar-refractivity contribution is 0.0259. The molecular weight excluding hydrogens is 222 g/mol. The summed E-state index contributed by atoms with van der Waals surface area (Å²) < 4.78 is 0. The topological polar surface area (TPSA) is 32.5 Å². The van der Waals surface area contributed by atoms with E-state index in [1.165, 1.54) is 64.6 Å². The van der Waals surface area contributed by atoms with Crippen molar-refractivity contribution < 1.29 is 0 Å². The lowest BCUT2D eigenvalue weighted by Crippen LogP contribution is -2.60. The Hall–Kier alpha value is -0.120. The maximum Gasteiger partial charge on any atom is 0.0355 e. The number of rotatable bonds is 6. The molecule has 0 aromatic carbocycles. The highest BCUT2D eigenvalue weighted by molar-refractivity contribution is 5.01. The Morgan fingerprint density at radius 2 is 2.17 bits per heavy atom. The van der Waals surface area contributed by atoms with Gasteiger partial charge in [0.25, 0.3) is 0 Å². The molecule has 0 bridgehead atoms. The maximum absolute atomic E-state index is 6.17. The van der Waals surface area contributed by atoms with Crippen LogP contribution in [-0.4, -0.2) is 54.6 Å². The van der Waals surface area contributed by atoms with E-state index in [1.807, 2.05) is 0 Å². The van der Waals surface area contributed by atoms with Gasteiger partial charge in [-0.2, -0.15) is 0 Å². The zero-order valence-electron chi connectivity index (χ0n) is 12.3. The Morgan fingerprint density at radius 1 is 1.33 bits per heavy atom. The fourth-order valence-electron chi connectivity index (χ4n) is 3.84. The third-order valence-corrected chi connectivity index (χ3v) is 5.27. The minimum Gasteiger partial charge on any atom is -0.329 e. The molecule has 2 saturated heterocycles. The van der Waals surface area contributed by atoms with Crippen molar-refractivity contribution >= 4 is 0 Å². The van der Waals surface area contributed by atoms with Crippen molar-refractivity contribution in [1.82, 2.24) is 9.80 Å². The van der Waals surface area contributed by atoms with E-state index in [0.29, 0.717) is 5.54 Å². The van der Waals surface area contributed by atoms with Crippen LogP contribution in [-0.2, 0) is 0 Å². The van der Waals surface area contributed by atoms with E-state index in [1.54, 1.807) is 0 Å². The van der Waals surface area contributed by atoms with Crippen LogP contribution in [0.3, 0.4) is 0 Å². The van der Waals surface area contributed by atoms with Crippen molar-refractivity contribution in [2.24, 2.45) is 5.73 Å². The first kappa shape index (κ1) is 14.3. The van der Waals surface area contributed by atoms with Crippen LogP contribution < -0.4 is 5.73 Å². The summed E-state index contributed by atoms with van der Waals surface area (Å²) in [6, 6.07) is 0.816. The number of likely N-dealkylation sites (N-methyl/N-ethyl adjacent to an activating group) is 1. The van der Waals surface area contributed by atoms with Crippen molar-refractivity contribution in [3.63, 3.8) is 0 Å². The van der Waals surface area contributed by atoms with Crippen molar-refractivity contribution in [1.29, 1.82) is 0 Å². The van der Waals surface area contributed by atoms with E-state index < -0.39 is 0 Å². The van der Waals surface area contributed by atoms with Gasteiger partial charge in [-0.25, -0.2) is 0 Å². The second-order valence-corrected chi connectivity index (χ2v) is 6.34. The third kappa shape index (κ3) is 2.89. The molecule has 2 fully saturated rings. The van der Waals surface area contributed by atoms with Crippen molar-refractivity contribution in [3.8, 4) is 0 Å². The molecule has 0 aromatic heterocycles. The first-order valence-corrected chi connectivity index (χ1v) is 7.87. The molecule has 2 aliphatic rings.